The highest BCUT2D eigenvalue weighted by Gasteiger charge is 2.40. The third-order valence-electron chi connectivity index (χ3n) is 6.57. The van der Waals surface area contributed by atoms with Crippen LogP contribution in [0.15, 0.2) is 66.7 Å². The predicted octanol–water partition coefficient (Wildman–Crippen LogP) is 5.65. The van der Waals surface area contributed by atoms with E-state index in [2.05, 4.69) is 42.5 Å². The van der Waals surface area contributed by atoms with Crippen molar-refractivity contribution in [1.82, 2.24) is 4.90 Å². The number of methoxy groups -OCH3 is 1. The monoisotopic (exact) mass is 449 g/mol. The minimum atomic E-state index is -0.803. The van der Waals surface area contributed by atoms with E-state index in [-0.39, 0.29) is 12.0 Å². The zero-order valence-electron chi connectivity index (χ0n) is 18.5. The summed E-state index contributed by atoms with van der Waals surface area (Å²) in [5.41, 5.74) is 5.95. The van der Waals surface area contributed by atoms with E-state index in [9.17, 15) is 4.79 Å². The van der Waals surface area contributed by atoms with Gasteiger partial charge in [0.15, 0.2) is 0 Å². The van der Waals surface area contributed by atoms with Gasteiger partial charge in [-0.1, -0.05) is 54.1 Å². The molecule has 4 nitrogen and oxygen atoms in total. The van der Waals surface area contributed by atoms with E-state index in [1.807, 2.05) is 36.2 Å². The molecule has 1 aliphatic carbocycles. The zero-order chi connectivity index (χ0) is 22.7. The third-order valence-corrected chi connectivity index (χ3v) is 6.81. The average Bonchev–Trinajstić information content (AvgIpc) is 3.16. The Morgan fingerprint density at radius 1 is 1.09 bits per heavy atom. The van der Waals surface area contributed by atoms with Crippen LogP contribution in [-0.4, -0.2) is 43.2 Å². The molecule has 0 spiro atoms. The van der Waals surface area contributed by atoms with Crippen molar-refractivity contribution in [3.8, 4) is 16.9 Å². The van der Waals surface area contributed by atoms with Crippen LogP contribution in [0, 0.1) is 0 Å². The van der Waals surface area contributed by atoms with Crippen molar-refractivity contribution in [2.24, 2.45) is 0 Å². The van der Waals surface area contributed by atoms with Crippen LogP contribution in [0.4, 0.5) is 0 Å². The number of carboxylic acid groups (broad SMARTS) is 1. The molecule has 0 saturated heterocycles. The van der Waals surface area contributed by atoms with Crippen molar-refractivity contribution in [2.45, 2.75) is 24.7 Å². The number of carbonyl (C=O) groups is 1. The van der Waals surface area contributed by atoms with E-state index in [4.69, 9.17) is 21.4 Å². The number of rotatable bonds is 8. The Morgan fingerprint density at radius 3 is 2.59 bits per heavy atom. The maximum atomic E-state index is 11.1. The lowest BCUT2D eigenvalue weighted by molar-refractivity contribution is -0.138. The van der Waals surface area contributed by atoms with Gasteiger partial charge in [-0.25, -0.2) is 0 Å². The molecule has 4 rings (SSSR count). The first kappa shape index (κ1) is 22.4. The summed E-state index contributed by atoms with van der Waals surface area (Å²) in [6, 6.07) is 23.0. The summed E-state index contributed by atoms with van der Waals surface area (Å²) in [6.07, 6.45) is 2.81. The van der Waals surface area contributed by atoms with Crippen LogP contribution in [0.1, 0.15) is 29.5 Å². The third kappa shape index (κ3) is 4.52. The normalized spacial score (nSPS) is 17.4. The number of hydrogen-bond donors (Lipinski definition) is 1. The number of ether oxygens (including phenoxy) is 1. The number of hydrogen-bond acceptors (Lipinski definition) is 3. The molecule has 1 N–H and O–H groups in total. The van der Waals surface area contributed by atoms with E-state index < -0.39 is 5.97 Å². The van der Waals surface area contributed by atoms with Crippen LogP contribution in [0.2, 0.25) is 5.02 Å². The van der Waals surface area contributed by atoms with Crippen LogP contribution < -0.4 is 4.74 Å². The minimum Gasteiger partial charge on any atom is -0.497 e. The zero-order valence-corrected chi connectivity index (χ0v) is 19.2. The summed E-state index contributed by atoms with van der Waals surface area (Å²) in [7, 11) is 3.54. The van der Waals surface area contributed by atoms with E-state index >= 15 is 0 Å². The summed E-state index contributed by atoms with van der Waals surface area (Å²) < 4.78 is 5.37. The molecule has 0 fully saturated rings. The lowest BCUT2D eigenvalue weighted by Crippen LogP contribution is -2.33. The molecule has 3 aromatic carbocycles. The fourth-order valence-electron chi connectivity index (χ4n) is 4.90. The van der Waals surface area contributed by atoms with Crippen LogP contribution in [0.3, 0.4) is 0 Å². The number of carboxylic acids is 1. The van der Waals surface area contributed by atoms with Crippen molar-refractivity contribution in [3.05, 3.63) is 88.4 Å². The molecule has 3 aromatic rings. The van der Waals surface area contributed by atoms with Gasteiger partial charge in [0.2, 0.25) is 0 Å². The highest BCUT2D eigenvalue weighted by atomic mass is 35.5. The molecule has 1 unspecified atom stereocenters. The summed E-state index contributed by atoms with van der Waals surface area (Å²) in [6.45, 7) is 0.740. The maximum absolute atomic E-state index is 11.1. The van der Waals surface area contributed by atoms with Crippen molar-refractivity contribution in [3.63, 3.8) is 0 Å². The second-order valence-electron chi connectivity index (χ2n) is 8.57. The number of likely N-dealkylation sites (N-methyl/N-ethyl adjacent to an activating group) is 1. The highest BCUT2D eigenvalue weighted by Crippen LogP contribution is 2.47. The Balaban J connectivity index is 1.69. The summed E-state index contributed by atoms with van der Waals surface area (Å²) in [4.78, 5) is 13.0. The second kappa shape index (κ2) is 9.35. The van der Waals surface area contributed by atoms with Crippen molar-refractivity contribution < 1.29 is 14.6 Å². The smallest absolute Gasteiger partial charge is 0.317 e. The highest BCUT2D eigenvalue weighted by molar-refractivity contribution is 6.30. The predicted molar refractivity (Wildman–Crippen MR) is 129 cm³/mol. The van der Waals surface area contributed by atoms with Gasteiger partial charge in [0.25, 0.3) is 0 Å². The van der Waals surface area contributed by atoms with Crippen molar-refractivity contribution >= 4 is 17.6 Å². The minimum absolute atomic E-state index is 0.0400. The van der Waals surface area contributed by atoms with Crippen molar-refractivity contribution in [2.75, 3.05) is 27.2 Å². The molecule has 5 heteroatoms. The molecule has 0 bridgehead atoms. The largest absolute Gasteiger partial charge is 0.497 e. The molecular weight excluding hydrogens is 422 g/mol. The Morgan fingerprint density at radius 2 is 1.88 bits per heavy atom. The number of nitrogens with zero attached hydrogens (tertiary/aromatic N) is 1. The van der Waals surface area contributed by atoms with Gasteiger partial charge in [-0.15, -0.1) is 0 Å². The fourth-order valence-corrected chi connectivity index (χ4v) is 5.09. The maximum Gasteiger partial charge on any atom is 0.317 e. The van der Waals surface area contributed by atoms with Crippen LogP contribution in [-0.2, 0) is 16.6 Å². The Kier molecular flexibility index (Phi) is 6.54. The molecule has 0 amide bonds. The Bertz CT molecular complexity index is 1110. The fraction of sp³-hybridized carbons (Fsp3) is 0.296. The van der Waals surface area contributed by atoms with Gasteiger partial charge in [0, 0.05) is 10.4 Å². The first-order valence-corrected chi connectivity index (χ1v) is 11.2. The molecule has 0 radical (unpaired) electrons. The molecular formula is C27H28ClNO3. The van der Waals surface area contributed by atoms with Gasteiger partial charge in [-0.2, -0.15) is 0 Å². The van der Waals surface area contributed by atoms with Crippen LogP contribution >= 0.6 is 11.6 Å². The standard InChI is InChI=1S/C27H28ClNO3/c1-29(18-26(30)31)15-14-27(13-12-21-16-23(28)10-11-25(21)27)22-8-6-19(7-9-22)20-4-3-5-24(17-20)32-2/h3-11,16-17H,12-15,18H2,1-2H3,(H,30,31). The van der Waals surface area contributed by atoms with Gasteiger partial charge >= 0.3 is 5.97 Å². The number of aliphatic carboxylic acids is 1. The second-order valence-corrected chi connectivity index (χ2v) is 9.01. The molecule has 0 aliphatic heterocycles. The summed E-state index contributed by atoms with van der Waals surface area (Å²) in [5.74, 6) is 0.0360. The van der Waals surface area contributed by atoms with Crippen molar-refractivity contribution in [1.29, 1.82) is 0 Å². The van der Waals surface area contributed by atoms with Gasteiger partial charge in [0.05, 0.1) is 13.7 Å². The average molecular weight is 450 g/mol. The van der Waals surface area contributed by atoms with E-state index in [0.29, 0.717) is 6.54 Å². The van der Waals surface area contributed by atoms with Gasteiger partial charge < -0.3 is 9.84 Å². The Labute approximate surface area is 194 Å². The number of aryl methyl sites for hydroxylation is 1. The first-order chi connectivity index (χ1) is 15.4. The summed E-state index contributed by atoms with van der Waals surface area (Å²) >= 11 is 6.28. The first-order valence-electron chi connectivity index (χ1n) is 10.9. The molecule has 32 heavy (non-hydrogen) atoms. The SMILES string of the molecule is COc1cccc(-c2ccc(C3(CCN(C)CC(=O)O)CCc4cc(Cl)ccc43)cc2)c1. The lowest BCUT2D eigenvalue weighted by Gasteiger charge is -2.33. The molecule has 0 heterocycles. The lowest BCUT2D eigenvalue weighted by atomic mass is 9.72. The van der Waals surface area contributed by atoms with Gasteiger partial charge in [-0.05, 0) is 84.9 Å². The summed E-state index contributed by atoms with van der Waals surface area (Å²) in [5, 5.41) is 9.92. The van der Waals surface area contributed by atoms with E-state index in [1.54, 1.807) is 7.11 Å². The van der Waals surface area contributed by atoms with Gasteiger partial charge in [0.1, 0.15) is 5.75 Å². The number of halogens is 1. The molecule has 1 aliphatic rings. The molecule has 1 atom stereocenters. The molecule has 166 valence electrons. The number of fused-ring (bicyclic) bond motifs is 1. The Hall–Kier alpha value is -2.82. The van der Waals surface area contributed by atoms with Crippen LogP contribution in [0.5, 0.6) is 5.75 Å². The number of benzene rings is 3. The van der Waals surface area contributed by atoms with Crippen LogP contribution in [0.25, 0.3) is 11.1 Å². The van der Waals surface area contributed by atoms with Gasteiger partial charge in [-0.3, -0.25) is 9.69 Å². The quantitative estimate of drug-likeness (QED) is 0.482. The van der Waals surface area contributed by atoms with E-state index in [1.165, 1.54) is 16.7 Å². The molecule has 0 aromatic heterocycles. The van der Waals surface area contributed by atoms with E-state index in [0.717, 1.165) is 41.2 Å². The molecule has 0 saturated carbocycles. The topological polar surface area (TPSA) is 49.8 Å².